The van der Waals surface area contributed by atoms with Crippen molar-refractivity contribution in [3.63, 3.8) is 0 Å². The molecule has 1 aromatic heterocycles. The first-order chi connectivity index (χ1) is 20.0. The van der Waals surface area contributed by atoms with Gasteiger partial charge in [-0.1, -0.05) is 42.5 Å². The first kappa shape index (κ1) is 30.3. The Hall–Kier alpha value is -3.63. The van der Waals surface area contributed by atoms with Crippen LogP contribution in [0.3, 0.4) is 0 Å². The van der Waals surface area contributed by atoms with E-state index in [0.29, 0.717) is 43.9 Å². The summed E-state index contributed by atoms with van der Waals surface area (Å²) in [5.74, 6) is -3.42. The molecule has 0 unspecified atom stereocenters. The Morgan fingerprint density at radius 3 is 1.61 bits per heavy atom. The minimum Gasteiger partial charge on any atom is -0.311 e. The van der Waals surface area contributed by atoms with Gasteiger partial charge in [0, 0.05) is 65.1 Å². The second kappa shape index (κ2) is 16.0. The van der Waals surface area contributed by atoms with Gasteiger partial charge in [-0.15, -0.1) is 0 Å². The Bertz CT molecular complexity index is 1290. The van der Waals surface area contributed by atoms with Gasteiger partial charge in [0.25, 0.3) is 0 Å². The molecule has 3 aromatic carbocycles. The molecule has 216 valence electrons. The molecule has 0 aliphatic carbocycles. The van der Waals surface area contributed by atoms with Gasteiger partial charge in [-0.2, -0.15) is 0 Å². The van der Waals surface area contributed by atoms with Crippen molar-refractivity contribution < 1.29 is 17.6 Å². The molecule has 0 aliphatic heterocycles. The molecule has 1 heterocycles. The zero-order valence-electron chi connectivity index (χ0n) is 22.9. The third kappa shape index (κ3) is 10.4. The van der Waals surface area contributed by atoms with Gasteiger partial charge >= 0.3 is 0 Å². The summed E-state index contributed by atoms with van der Waals surface area (Å²) in [5.41, 5.74) is 4.69. The maximum absolute atomic E-state index is 13.5. The molecule has 9 heteroatoms. The van der Waals surface area contributed by atoms with Crippen molar-refractivity contribution in [3.8, 4) is 0 Å². The van der Waals surface area contributed by atoms with Gasteiger partial charge in [0.1, 0.15) is 0 Å². The molecule has 0 spiro atoms. The molecule has 0 saturated heterocycles. The first-order valence-electron chi connectivity index (χ1n) is 13.7. The monoisotopic (exact) mass is 565 g/mol. The molecular formula is C32H35F4N5. The maximum Gasteiger partial charge on any atom is 0.159 e. The van der Waals surface area contributed by atoms with E-state index in [0.717, 1.165) is 44.0 Å². The van der Waals surface area contributed by atoms with Crippen LogP contribution in [0.25, 0.3) is 0 Å². The maximum atomic E-state index is 13.5. The molecule has 41 heavy (non-hydrogen) atoms. The molecule has 5 nitrogen and oxygen atoms in total. The zero-order valence-corrected chi connectivity index (χ0v) is 22.9. The number of benzene rings is 3. The standard InChI is InChI=1S/C32H35F4N5/c33-29-10-8-26(17-31(29)35)20-37-13-15-41(16-14-38-21-27-9-11-30(34)32(36)18-27)23-25-6-4-24(5-7-25)19-39-22-28-3-1-2-12-40-28/h1-12,17-18,37-39H,13-16,19-23H2. The van der Waals surface area contributed by atoms with E-state index in [2.05, 4.69) is 50.1 Å². The quantitative estimate of drug-likeness (QED) is 0.127. The van der Waals surface area contributed by atoms with E-state index in [1.165, 1.54) is 23.3 Å². The summed E-state index contributed by atoms with van der Waals surface area (Å²) in [6, 6.07) is 22.1. The van der Waals surface area contributed by atoms with Crippen LogP contribution in [-0.4, -0.2) is 36.1 Å². The summed E-state index contributed by atoms with van der Waals surface area (Å²) in [7, 11) is 0. The Kier molecular flexibility index (Phi) is 11.8. The molecule has 0 aliphatic rings. The third-order valence-corrected chi connectivity index (χ3v) is 6.63. The van der Waals surface area contributed by atoms with Gasteiger partial charge in [0.05, 0.1) is 5.69 Å². The van der Waals surface area contributed by atoms with E-state index < -0.39 is 23.3 Å². The minimum atomic E-state index is -0.856. The molecule has 0 saturated carbocycles. The second-order valence-corrected chi connectivity index (χ2v) is 9.87. The predicted molar refractivity (Wildman–Crippen MR) is 153 cm³/mol. The van der Waals surface area contributed by atoms with Gasteiger partial charge in [0.2, 0.25) is 0 Å². The van der Waals surface area contributed by atoms with Crippen LogP contribution in [0.5, 0.6) is 0 Å². The van der Waals surface area contributed by atoms with Crippen LogP contribution in [0, 0.1) is 23.3 Å². The van der Waals surface area contributed by atoms with Crippen molar-refractivity contribution in [2.75, 3.05) is 26.2 Å². The van der Waals surface area contributed by atoms with E-state index >= 15 is 0 Å². The van der Waals surface area contributed by atoms with Crippen LogP contribution >= 0.6 is 0 Å². The zero-order chi connectivity index (χ0) is 28.9. The number of hydrogen-bond donors (Lipinski definition) is 3. The average molecular weight is 566 g/mol. The van der Waals surface area contributed by atoms with Crippen molar-refractivity contribution >= 4 is 0 Å². The fourth-order valence-electron chi connectivity index (χ4n) is 4.37. The average Bonchev–Trinajstić information content (AvgIpc) is 2.98. The van der Waals surface area contributed by atoms with Crippen LogP contribution in [0.4, 0.5) is 17.6 Å². The molecule has 0 amide bonds. The lowest BCUT2D eigenvalue weighted by Gasteiger charge is -2.23. The summed E-state index contributed by atoms with van der Waals surface area (Å²) >= 11 is 0. The van der Waals surface area contributed by atoms with E-state index in [9.17, 15) is 17.6 Å². The summed E-state index contributed by atoms with van der Waals surface area (Å²) in [4.78, 5) is 6.61. The minimum absolute atomic E-state index is 0.430. The second-order valence-electron chi connectivity index (χ2n) is 9.87. The van der Waals surface area contributed by atoms with E-state index in [-0.39, 0.29) is 0 Å². The fraction of sp³-hybridized carbons (Fsp3) is 0.281. The highest BCUT2D eigenvalue weighted by molar-refractivity contribution is 5.23. The summed E-state index contributed by atoms with van der Waals surface area (Å²) in [6.45, 7) is 5.78. The SMILES string of the molecule is Fc1ccc(CNCCN(CCNCc2ccc(F)c(F)c2)Cc2ccc(CNCc3ccccn3)cc2)cc1F. The van der Waals surface area contributed by atoms with Crippen LogP contribution < -0.4 is 16.0 Å². The smallest absolute Gasteiger partial charge is 0.159 e. The fourth-order valence-corrected chi connectivity index (χ4v) is 4.37. The van der Waals surface area contributed by atoms with Gasteiger partial charge in [0.15, 0.2) is 23.3 Å². The van der Waals surface area contributed by atoms with Crippen molar-refractivity contribution in [1.82, 2.24) is 25.8 Å². The van der Waals surface area contributed by atoms with Crippen LogP contribution in [0.1, 0.15) is 27.9 Å². The highest BCUT2D eigenvalue weighted by Crippen LogP contribution is 2.11. The topological polar surface area (TPSA) is 52.2 Å². The van der Waals surface area contributed by atoms with Crippen molar-refractivity contribution in [1.29, 1.82) is 0 Å². The predicted octanol–water partition coefficient (Wildman–Crippen LogP) is 5.31. The van der Waals surface area contributed by atoms with Crippen molar-refractivity contribution in [2.24, 2.45) is 0 Å². The molecule has 0 atom stereocenters. The number of halogens is 4. The van der Waals surface area contributed by atoms with Gasteiger partial charge in [-0.3, -0.25) is 9.88 Å². The van der Waals surface area contributed by atoms with Crippen molar-refractivity contribution in [3.05, 3.63) is 136 Å². The first-order valence-corrected chi connectivity index (χ1v) is 13.7. The molecule has 0 bridgehead atoms. The number of nitrogens with zero attached hydrogens (tertiary/aromatic N) is 2. The number of hydrogen-bond acceptors (Lipinski definition) is 5. The number of rotatable bonds is 16. The third-order valence-electron chi connectivity index (χ3n) is 6.63. The molecule has 4 rings (SSSR count). The molecular weight excluding hydrogens is 530 g/mol. The molecule has 4 aromatic rings. The number of nitrogens with one attached hydrogen (secondary N) is 3. The highest BCUT2D eigenvalue weighted by Gasteiger charge is 2.08. The summed E-state index contributed by atoms with van der Waals surface area (Å²) in [6.07, 6.45) is 1.79. The van der Waals surface area contributed by atoms with Crippen molar-refractivity contribution in [2.45, 2.75) is 32.7 Å². The Morgan fingerprint density at radius 1 is 0.537 bits per heavy atom. The van der Waals surface area contributed by atoms with Gasteiger partial charge in [-0.05, 0) is 58.7 Å². The largest absolute Gasteiger partial charge is 0.311 e. The summed E-state index contributed by atoms with van der Waals surface area (Å²) in [5, 5.41) is 10.0. The number of aromatic nitrogens is 1. The van der Waals surface area contributed by atoms with Crippen LogP contribution in [0.2, 0.25) is 0 Å². The molecule has 0 radical (unpaired) electrons. The Labute approximate surface area is 238 Å². The summed E-state index contributed by atoms with van der Waals surface area (Å²) < 4.78 is 53.4. The van der Waals surface area contributed by atoms with E-state index in [4.69, 9.17) is 0 Å². The molecule has 3 N–H and O–H groups in total. The lowest BCUT2D eigenvalue weighted by molar-refractivity contribution is 0.264. The van der Waals surface area contributed by atoms with E-state index in [1.807, 2.05) is 18.2 Å². The Morgan fingerprint density at radius 2 is 1.07 bits per heavy atom. The normalized spacial score (nSPS) is 11.3. The van der Waals surface area contributed by atoms with E-state index in [1.54, 1.807) is 18.3 Å². The lowest BCUT2D eigenvalue weighted by atomic mass is 10.1. The highest BCUT2D eigenvalue weighted by atomic mass is 19.2. The number of pyridine rings is 1. The van der Waals surface area contributed by atoms with Gasteiger partial charge < -0.3 is 16.0 Å². The Balaban J connectivity index is 1.26. The van der Waals surface area contributed by atoms with Gasteiger partial charge in [-0.25, -0.2) is 17.6 Å². The molecule has 0 fully saturated rings. The van der Waals surface area contributed by atoms with Crippen LogP contribution in [0.15, 0.2) is 85.1 Å². The van der Waals surface area contributed by atoms with Crippen LogP contribution in [-0.2, 0) is 32.7 Å². The lowest BCUT2D eigenvalue weighted by Crippen LogP contribution is -2.36.